The van der Waals surface area contributed by atoms with E-state index in [0.29, 0.717) is 0 Å². The Kier molecular flexibility index (Phi) is 6.92. The number of para-hydroxylation sites is 1. The van der Waals surface area contributed by atoms with Gasteiger partial charge in [0.2, 0.25) is 11.8 Å². The van der Waals surface area contributed by atoms with Crippen LogP contribution < -0.4 is 10.2 Å². The number of aryl methyl sites for hydroxylation is 1. The molecular formula is C19H25N3O5. The van der Waals surface area contributed by atoms with E-state index >= 15 is 0 Å². The Morgan fingerprint density at radius 1 is 1.30 bits per heavy atom. The molecule has 1 heterocycles. The maximum atomic E-state index is 12.4. The third-order valence-electron chi connectivity index (χ3n) is 4.54. The number of rotatable bonds is 7. The number of esters is 1. The van der Waals surface area contributed by atoms with Crippen molar-refractivity contribution in [2.75, 3.05) is 38.7 Å². The second-order valence-corrected chi connectivity index (χ2v) is 6.42. The van der Waals surface area contributed by atoms with E-state index in [-0.39, 0.29) is 31.3 Å². The number of hydrogen-bond acceptors (Lipinski definition) is 5. The molecule has 8 nitrogen and oxygen atoms in total. The largest absolute Gasteiger partial charge is 0.455 e. The number of nitrogens with one attached hydrogen (secondary N) is 1. The smallest absolute Gasteiger partial charge is 0.311 e. The molecule has 1 atom stereocenters. The van der Waals surface area contributed by atoms with Gasteiger partial charge in [-0.15, -0.1) is 0 Å². The Morgan fingerprint density at radius 3 is 2.67 bits per heavy atom. The van der Waals surface area contributed by atoms with Gasteiger partial charge in [0.25, 0.3) is 5.91 Å². The van der Waals surface area contributed by atoms with Gasteiger partial charge in [-0.1, -0.05) is 25.1 Å². The zero-order valence-electron chi connectivity index (χ0n) is 15.9. The highest BCUT2D eigenvalue weighted by Gasteiger charge is 2.37. The number of likely N-dealkylation sites (N-methyl/N-ethyl adjacent to an activating group) is 2. The van der Waals surface area contributed by atoms with Crippen molar-refractivity contribution in [1.29, 1.82) is 0 Å². The van der Waals surface area contributed by atoms with Crippen LogP contribution in [0.3, 0.4) is 0 Å². The fraction of sp³-hybridized carbons (Fsp3) is 0.474. The topological polar surface area (TPSA) is 96.0 Å². The van der Waals surface area contributed by atoms with Gasteiger partial charge in [-0.3, -0.25) is 19.2 Å². The van der Waals surface area contributed by atoms with Crippen LogP contribution in [-0.2, 0) is 30.3 Å². The van der Waals surface area contributed by atoms with Gasteiger partial charge in [-0.2, -0.15) is 0 Å². The third kappa shape index (κ3) is 5.06. The van der Waals surface area contributed by atoms with Gasteiger partial charge in [-0.25, -0.2) is 0 Å². The molecule has 1 N–H and O–H groups in total. The molecule has 1 saturated heterocycles. The quantitative estimate of drug-likeness (QED) is 0.694. The molecule has 8 heteroatoms. The first-order chi connectivity index (χ1) is 12.9. The molecule has 0 aromatic heterocycles. The zero-order valence-corrected chi connectivity index (χ0v) is 15.9. The van der Waals surface area contributed by atoms with Crippen molar-refractivity contribution in [2.45, 2.75) is 19.8 Å². The second-order valence-electron chi connectivity index (χ2n) is 6.42. The predicted octanol–water partition coefficient (Wildman–Crippen LogP) is 0.350. The first-order valence-electron chi connectivity index (χ1n) is 8.86. The molecule has 0 aliphatic carbocycles. The minimum Gasteiger partial charge on any atom is -0.455 e. The van der Waals surface area contributed by atoms with Gasteiger partial charge in [0.05, 0.1) is 12.5 Å². The van der Waals surface area contributed by atoms with Crippen LogP contribution in [0.25, 0.3) is 0 Å². The SMILES string of the molecule is CCc1ccccc1N1C[C@@H](C(=O)OCC(=O)N(C)CC(=O)NC)CC1=O. The van der Waals surface area contributed by atoms with Gasteiger partial charge in [0.1, 0.15) is 0 Å². The van der Waals surface area contributed by atoms with E-state index in [1.54, 1.807) is 4.90 Å². The molecule has 1 fully saturated rings. The number of hydrogen-bond donors (Lipinski definition) is 1. The minimum atomic E-state index is -0.612. The van der Waals surface area contributed by atoms with E-state index in [9.17, 15) is 19.2 Å². The highest BCUT2D eigenvalue weighted by atomic mass is 16.5. The Morgan fingerprint density at radius 2 is 2.00 bits per heavy atom. The van der Waals surface area contributed by atoms with Gasteiger partial charge in [0.15, 0.2) is 6.61 Å². The lowest BCUT2D eigenvalue weighted by Gasteiger charge is -2.20. The molecule has 1 aliphatic rings. The predicted molar refractivity (Wildman–Crippen MR) is 98.9 cm³/mol. The molecular weight excluding hydrogens is 350 g/mol. The molecule has 0 unspecified atom stereocenters. The summed E-state index contributed by atoms with van der Waals surface area (Å²) in [5.41, 5.74) is 1.84. The number of nitrogens with zero attached hydrogens (tertiary/aromatic N) is 2. The van der Waals surface area contributed by atoms with Crippen LogP contribution in [0.1, 0.15) is 18.9 Å². The van der Waals surface area contributed by atoms with Crippen molar-refractivity contribution in [3.8, 4) is 0 Å². The molecule has 0 bridgehead atoms. The van der Waals surface area contributed by atoms with E-state index in [1.165, 1.54) is 19.0 Å². The molecule has 1 aromatic carbocycles. The average Bonchev–Trinajstić information content (AvgIpc) is 3.06. The van der Waals surface area contributed by atoms with Gasteiger partial charge >= 0.3 is 5.97 Å². The standard InChI is InChI=1S/C19H25N3O5/c1-4-13-7-5-6-8-15(13)22-10-14(9-17(22)24)19(26)27-12-18(25)21(3)11-16(23)20-2/h5-8,14H,4,9-12H2,1-3H3,(H,20,23)/t14-/m0/s1. The number of ether oxygens (including phenoxy) is 1. The van der Waals surface area contributed by atoms with E-state index in [1.807, 2.05) is 31.2 Å². The molecule has 3 amide bonds. The molecule has 0 radical (unpaired) electrons. The Hall–Kier alpha value is -2.90. The van der Waals surface area contributed by atoms with Crippen molar-refractivity contribution in [3.63, 3.8) is 0 Å². The molecule has 146 valence electrons. The number of anilines is 1. The molecule has 1 aliphatic heterocycles. The van der Waals surface area contributed by atoms with Gasteiger partial charge in [0, 0.05) is 32.7 Å². The van der Waals surface area contributed by atoms with Crippen molar-refractivity contribution in [1.82, 2.24) is 10.2 Å². The minimum absolute atomic E-state index is 0.0547. The second kappa shape index (κ2) is 9.16. The van der Waals surface area contributed by atoms with Crippen LogP contribution in [-0.4, -0.2) is 62.4 Å². The number of amides is 3. The van der Waals surface area contributed by atoms with E-state index in [0.717, 1.165) is 17.7 Å². The maximum absolute atomic E-state index is 12.4. The summed E-state index contributed by atoms with van der Waals surface area (Å²) in [4.78, 5) is 50.6. The van der Waals surface area contributed by atoms with Crippen molar-refractivity contribution in [2.24, 2.45) is 5.92 Å². The van der Waals surface area contributed by atoms with E-state index in [2.05, 4.69) is 5.32 Å². The first-order valence-corrected chi connectivity index (χ1v) is 8.86. The van der Waals surface area contributed by atoms with Crippen LogP contribution in [0.5, 0.6) is 0 Å². The van der Waals surface area contributed by atoms with E-state index < -0.39 is 24.4 Å². The molecule has 1 aromatic rings. The monoisotopic (exact) mass is 375 g/mol. The lowest BCUT2D eigenvalue weighted by atomic mass is 10.1. The molecule has 0 saturated carbocycles. The number of benzene rings is 1. The lowest BCUT2D eigenvalue weighted by Crippen LogP contribution is -2.39. The van der Waals surface area contributed by atoms with Crippen molar-refractivity contribution in [3.05, 3.63) is 29.8 Å². The average molecular weight is 375 g/mol. The van der Waals surface area contributed by atoms with Crippen LogP contribution in [0, 0.1) is 5.92 Å². The number of carbonyl (C=O) groups excluding carboxylic acids is 4. The Labute approximate surface area is 158 Å². The van der Waals surface area contributed by atoms with Crippen LogP contribution in [0.4, 0.5) is 5.69 Å². The third-order valence-corrected chi connectivity index (χ3v) is 4.54. The summed E-state index contributed by atoms with van der Waals surface area (Å²) >= 11 is 0. The highest BCUT2D eigenvalue weighted by molar-refractivity contribution is 6.00. The molecule has 27 heavy (non-hydrogen) atoms. The van der Waals surface area contributed by atoms with Crippen LogP contribution in [0.15, 0.2) is 24.3 Å². The summed E-state index contributed by atoms with van der Waals surface area (Å²) in [6, 6.07) is 7.58. The summed E-state index contributed by atoms with van der Waals surface area (Å²) in [5, 5.41) is 2.41. The fourth-order valence-electron chi connectivity index (χ4n) is 2.91. The van der Waals surface area contributed by atoms with Crippen LogP contribution >= 0.6 is 0 Å². The number of carbonyl (C=O) groups is 4. The summed E-state index contributed by atoms with van der Waals surface area (Å²) in [5.74, 6) is -2.13. The zero-order chi connectivity index (χ0) is 20.0. The van der Waals surface area contributed by atoms with E-state index in [4.69, 9.17) is 4.74 Å². The van der Waals surface area contributed by atoms with Gasteiger partial charge in [-0.05, 0) is 18.1 Å². The van der Waals surface area contributed by atoms with Crippen LogP contribution in [0.2, 0.25) is 0 Å². The fourth-order valence-corrected chi connectivity index (χ4v) is 2.91. The molecule has 2 rings (SSSR count). The lowest BCUT2D eigenvalue weighted by molar-refractivity contribution is -0.155. The van der Waals surface area contributed by atoms with Gasteiger partial charge < -0.3 is 19.9 Å². The van der Waals surface area contributed by atoms with Crippen molar-refractivity contribution >= 4 is 29.4 Å². The first kappa shape index (κ1) is 20.4. The molecule has 0 spiro atoms. The highest BCUT2D eigenvalue weighted by Crippen LogP contribution is 2.29. The normalized spacial score (nSPS) is 16.2. The summed E-state index contributed by atoms with van der Waals surface area (Å²) in [7, 11) is 2.92. The summed E-state index contributed by atoms with van der Waals surface area (Å²) in [6.45, 7) is 1.67. The Bertz CT molecular complexity index is 734. The Balaban J connectivity index is 1.92. The summed E-state index contributed by atoms with van der Waals surface area (Å²) < 4.78 is 5.07. The van der Waals surface area contributed by atoms with Crippen molar-refractivity contribution < 1.29 is 23.9 Å². The maximum Gasteiger partial charge on any atom is 0.311 e. The summed E-state index contributed by atoms with van der Waals surface area (Å²) in [6.07, 6.45) is 0.834.